The van der Waals surface area contributed by atoms with Crippen LogP contribution in [0.15, 0.2) is 18.2 Å². The van der Waals surface area contributed by atoms with E-state index in [4.69, 9.17) is 5.73 Å². The van der Waals surface area contributed by atoms with E-state index in [1.165, 1.54) is 0 Å². The van der Waals surface area contributed by atoms with Gasteiger partial charge < -0.3 is 10.6 Å². The minimum atomic E-state index is -0.121. The maximum atomic E-state index is 14.3. The first kappa shape index (κ1) is 14.7. The number of hydrogen-bond donors (Lipinski definition) is 1. The molecule has 0 aliphatic carbocycles. The molecule has 1 aromatic rings. The molecule has 1 aliphatic rings. The Morgan fingerprint density at radius 3 is 2.89 bits per heavy atom. The quantitative estimate of drug-likeness (QED) is 0.924. The summed E-state index contributed by atoms with van der Waals surface area (Å²) in [5.74, 6) is 0.932. The van der Waals surface area contributed by atoms with E-state index < -0.39 is 0 Å². The summed E-state index contributed by atoms with van der Waals surface area (Å²) < 4.78 is 14.3. The van der Waals surface area contributed by atoms with Gasteiger partial charge in [-0.2, -0.15) is 11.8 Å². The fourth-order valence-electron chi connectivity index (χ4n) is 2.64. The molecule has 0 aromatic heterocycles. The average Bonchev–Trinajstić information content (AvgIpc) is 2.33. The summed E-state index contributed by atoms with van der Waals surface area (Å²) in [4.78, 5) is 2.22. The largest absolute Gasteiger partial charge is 0.364 e. The van der Waals surface area contributed by atoms with E-state index in [1.54, 1.807) is 12.1 Å². The topological polar surface area (TPSA) is 29.3 Å². The maximum absolute atomic E-state index is 14.3. The zero-order valence-corrected chi connectivity index (χ0v) is 12.7. The first-order chi connectivity index (χ1) is 9.00. The Hall–Kier alpha value is -0.740. The molecule has 3 atom stereocenters. The normalized spacial score (nSPS) is 25.4. The van der Waals surface area contributed by atoms with E-state index in [9.17, 15) is 4.39 Å². The van der Waals surface area contributed by atoms with Crippen LogP contribution in [-0.4, -0.2) is 29.6 Å². The fraction of sp³-hybridized carbons (Fsp3) is 0.600. The molecule has 0 bridgehead atoms. The highest BCUT2D eigenvalue weighted by Gasteiger charge is 2.28. The van der Waals surface area contributed by atoms with Crippen molar-refractivity contribution in [1.29, 1.82) is 0 Å². The molecule has 4 heteroatoms. The molecule has 0 saturated carbocycles. The summed E-state index contributed by atoms with van der Waals surface area (Å²) >= 11 is 1.96. The second-order valence-electron chi connectivity index (χ2n) is 5.44. The molecule has 1 saturated heterocycles. The van der Waals surface area contributed by atoms with Crippen LogP contribution in [0.1, 0.15) is 26.3 Å². The molecule has 0 radical (unpaired) electrons. The van der Waals surface area contributed by atoms with Crippen molar-refractivity contribution in [2.75, 3.05) is 17.2 Å². The van der Waals surface area contributed by atoms with Crippen LogP contribution in [0.5, 0.6) is 0 Å². The van der Waals surface area contributed by atoms with Gasteiger partial charge in [0.1, 0.15) is 5.82 Å². The molecular weight excluding hydrogens is 259 g/mol. The number of nitrogens with zero attached hydrogens (tertiary/aromatic N) is 1. The highest BCUT2D eigenvalue weighted by Crippen LogP contribution is 2.33. The minimum absolute atomic E-state index is 0.0486. The SMILES string of the molecule is CC(N)Cc1cccc(F)c1N1CCSC(C)C1C. The van der Waals surface area contributed by atoms with Crippen molar-refractivity contribution in [1.82, 2.24) is 0 Å². The van der Waals surface area contributed by atoms with Gasteiger partial charge in [0.2, 0.25) is 0 Å². The van der Waals surface area contributed by atoms with Gasteiger partial charge in [0.25, 0.3) is 0 Å². The second-order valence-corrected chi connectivity index (χ2v) is 6.92. The molecule has 1 aromatic carbocycles. The van der Waals surface area contributed by atoms with Crippen LogP contribution in [0.25, 0.3) is 0 Å². The molecule has 2 rings (SSSR count). The van der Waals surface area contributed by atoms with Gasteiger partial charge in [-0.25, -0.2) is 4.39 Å². The third kappa shape index (κ3) is 3.23. The molecule has 106 valence electrons. The van der Waals surface area contributed by atoms with Gasteiger partial charge in [0, 0.05) is 29.6 Å². The lowest BCUT2D eigenvalue weighted by Gasteiger charge is -2.40. The van der Waals surface area contributed by atoms with Crippen molar-refractivity contribution in [2.45, 2.75) is 44.5 Å². The standard InChI is InChI=1S/C15H23FN2S/c1-10(17)9-13-5-4-6-14(16)15(13)18-7-8-19-12(3)11(18)2/h4-6,10-12H,7-9,17H2,1-3H3. The number of anilines is 1. The van der Waals surface area contributed by atoms with Crippen LogP contribution in [0.2, 0.25) is 0 Å². The third-order valence-corrected chi connectivity index (χ3v) is 5.12. The average molecular weight is 282 g/mol. The van der Waals surface area contributed by atoms with Gasteiger partial charge in [-0.1, -0.05) is 19.1 Å². The Bertz CT molecular complexity index is 436. The van der Waals surface area contributed by atoms with Crippen LogP contribution in [0, 0.1) is 5.82 Å². The lowest BCUT2D eigenvalue weighted by Crippen LogP contribution is -2.45. The number of rotatable bonds is 3. The lowest BCUT2D eigenvalue weighted by molar-refractivity contribution is 0.576. The van der Waals surface area contributed by atoms with Gasteiger partial charge >= 0.3 is 0 Å². The summed E-state index contributed by atoms with van der Waals surface area (Å²) in [6.45, 7) is 7.27. The summed E-state index contributed by atoms with van der Waals surface area (Å²) in [5.41, 5.74) is 7.68. The molecule has 0 spiro atoms. The van der Waals surface area contributed by atoms with Crippen LogP contribution >= 0.6 is 11.8 Å². The van der Waals surface area contributed by atoms with Crippen molar-refractivity contribution < 1.29 is 4.39 Å². The van der Waals surface area contributed by atoms with Crippen molar-refractivity contribution in [3.8, 4) is 0 Å². The predicted octanol–water partition coefficient (Wildman–Crippen LogP) is 3.05. The van der Waals surface area contributed by atoms with Crippen molar-refractivity contribution in [3.05, 3.63) is 29.6 Å². The number of halogens is 1. The molecular formula is C15H23FN2S. The number of para-hydroxylation sites is 1. The molecule has 1 heterocycles. The monoisotopic (exact) mass is 282 g/mol. The Morgan fingerprint density at radius 2 is 2.21 bits per heavy atom. The number of hydrogen-bond acceptors (Lipinski definition) is 3. The minimum Gasteiger partial charge on any atom is -0.364 e. The Labute approximate surface area is 119 Å². The van der Waals surface area contributed by atoms with E-state index >= 15 is 0 Å². The van der Waals surface area contributed by atoms with Gasteiger partial charge in [0.15, 0.2) is 0 Å². The fourth-order valence-corrected chi connectivity index (χ4v) is 3.74. The third-order valence-electron chi connectivity index (χ3n) is 3.78. The molecule has 2 nitrogen and oxygen atoms in total. The highest BCUT2D eigenvalue weighted by atomic mass is 32.2. The first-order valence-electron chi connectivity index (χ1n) is 6.92. The number of nitrogens with two attached hydrogens (primary N) is 1. The highest BCUT2D eigenvalue weighted by molar-refractivity contribution is 8.00. The predicted molar refractivity (Wildman–Crippen MR) is 82.5 cm³/mol. The molecule has 1 fully saturated rings. The molecule has 0 amide bonds. The van der Waals surface area contributed by atoms with E-state index in [2.05, 4.69) is 18.7 Å². The number of thioether (sulfide) groups is 1. The molecule has 2 N–H and O–H groups in total. The summed E-state index contributed by atoms with van der Waals surface area (Å²) in [6, 6.07) is 5.73. The second kappa shape index (κ2) is 6.14. The van der Waals surface area contributed by atoms with Crippen LogP contribution in [0.3, 0.4) is 0 Å². The van der Waals surface area contributed by atoms with E-state index in [-0.39, 0.29) is 11.9 Å². The Morgan fingerprint density at radius 1 is 1.47 bits per heavy atom. The number of benzene rings is 1. The first-order valence-corrected chi connectivity index (χ1v) is 7.96. The zero-order chi connectivity index (χ0) is 14.0. The van der Waals surface area contributed by atoms with Crippen molar-refractivity contribution in [3.63, 3.8) is 0 Å². The van der Waals surface area contributed by atoms with Crippen molar-refractivity contribution >= 4 is 17.4 Å². The van der Waals surface area contributed by atoms with Crippen LogP contribution in [-0.2, 0) is 6.42 Å². The molecule has 1 aliphatic heterocycles. The smallest absolute Gasteiger partial charge is 0.146 e. The van der Waals surface area contributed by atoms with Crippen LogP contribution in [0.4, 0.5) is 10.1 Å². The molecule has 19 heavy (non-hydrogen) atoms. The summed E-state index contributed by atoms with van der Waals surface area (Å²) in [5, 5.41) is 0.525. The van der Waals surface area contributed by atoms with E-state index in [0.29, 0.717) is 11.3 Å². The van der Waals surface area contributed by atoms with Gasteiger partial charge in [0.05, 0.1) is 5.69 Å². The Balaban J connectivity index is 2.36. The zero-order valence-electron chi connectivity index (χ0n) is 11.9. The maximum Gasteiger partial charge on any atom is 0.146 e. The van der Waals surface area contributed by atoms with E-state index in [1.807, 2.05) is 24.8 Å². The Kier molecular flexibility index (Phi) is 4.74. The summed E-state index contributed by atoms with van der Waals surface area (Å²) in [6.07, 6.45) is 0.720. The lowest BCUT2D eigenvalue weighted by atomic mass is 10.0. The van der Waals surface area contributed by atoms with Crippen LogP contribution < -0.4 is 10.6 Å². The summed E-state index contributed by atoms with van der Waals surface area (Å²) in [7, 11) is 0. The van der Waals surface area contributed by atoms with Gasteiger partial charge in [-0.05, 0) is 31.9 Å². The van der Waals surface area contributed by atoms with Crippen molar-refractivity contribution in [2.24, 2.45) is 5.73 Å². The molecule has 3 unspecified atom stereocenters. The van der Waals surface area contributed by atoms with Gasteiger partial charge in [-0.15, -0.1) is 0 Å². The van der Waals surface area contributed by atoms with Gasteiger partial charge in [-0.3, -0.25) is 0 Å². The van der Waals surface area contributed by atoms with E-state index in [0.717, 1.165) is 30.0 Å².